The lowest BCUT2D eigenvalue weighted by molar-refractivity contribution is 0.624. The number of allylic oxidation sites excluding steroid dienone is 2. The first kappa shape index (κ1) is 15.5. The summed E-state index contributed by atoms with van der Waals surface area (Å²) in [4.78, 5) is 8.74. The summed E-state index contributed by atoms with van der Waals surface area (Å²) in [5.41, 5.74) is 2.76. The fourth-order valence-electron chi connectivity index (χ4n) is 2.30. The monoisotopic (exact) mass is 319 g/mol. The van der Waals surface area contributed by atoms with Gasteiger partial charge in [0.25, 0.3) is 0 Å². The van der Waals surface area contributed by atoms with Crippen LogP contribution < -0.4 is 10.6 Å². The number of guanidine groups is 1. The van der Waals surface area contributed by atoms with Gasteiger partial charge in [-0.15, -0.1) is 0 Å². The van der Waals surface area contributed by atoms with E-state index in [1.54, 1.807) is 12.4 Å². The third-order valence-corrected chi connectivity index (χ3v) is 3.50. The molecular weight excluding hydrogens is 302 g/mol. The topological polar surface area (TPSA) is 90.9 Å². The van der Waals surface area contributed by atoms with Crippen LogP contribution in [0.4, 0.5) is 0 Å². The van der Waals surface area contributed by atoms with E-state index in [4.69, 9.17) is 0 Å². The van der Waals surface area contributed by atoms with Crippen molar-refractivity contribution in [1.82, 2.24) is 25.4 Å². The number of pyridine rings is 1. The number of hydrogen-bond donors (Lipinski definition) is 2. The third-order valence-electron chi connectivity index (χ3n) is 3.50. The van der Waals surface area contributed by atoms with Crippen LogP contribution in [0.15, 0.2) is 65.3 Å². The van der Waals surface area contributed by atoms with Crippen molar-refractivity contribution < 1.29 is 0 Å². The predicted octanol–water partition coefficient (Wildman–Crippen LogP) is 1.67. The summed E-state index contributed by atoms with van der Waals surface area (Å²) in [6.07, 6.45) is 7.14. The molecule has 1 aliphatic rings. The molecule has 0 atom stereocenters. The molecule has 0 saturated heterocycles. The summed E-state index contributed by atoms with van der Waals surface area (Å²) in [7, 11) is 0. The van der Waals surface area contributed by atoms with Gasteiger partial charge in [-0.3, -0.25) is 14.7 Å². The van der Waals surface area contributed by atoms with Crippen LogP contribution in [0.5, 0.6) is 0 Å². The van der Waals surface area contributed by atoms with E-state index >= 15 is 0 Å². The zero-order valence-electron chi connectivity index (χ0n) is 13.3. The molecule has 0 unspecified atom stereocenters. The maximum Gasteiger partial charge on any atom is 0.199 e. The van der Waals surface area contributed by atoms with Crippen LogP contribution >= 0.6 is 0 Å². The second-order valence-electron chi connectivity index (χ2n) is 5.17. The van der Waals surface area contributed by atoms with Crippen molar-refractivity contribution >= 4 is 11.5 Å². The Kier molecular flexibility index (Phi) is 4.68. The molecule has 2 N–H and O–H groups in total. The molecule has 7 heteroatoms. The van der Waals surface area contributed by atoms with Crippen molar-refractivity contribution in [2.45, 2.75) is 13.5 Å². The summed E-state index contributed by atoms with van der Waals surface area (Å²) >= 11 is 0. The quantitative estimate of drug-likeness (QED) is 0.837. The molecule has 0 bridgehead atoms. The van der Waals surface area contributed by atoms with Crippen LogP contribution in [0.25, 0.3) is 5.57 Å². The maximum atomic E-state index is 9.55. The normalized spacial score (nSPS) is 17.5. The van der Waals surface area contributed by atoms with Crippen LogP contribution in [0.1, 0.15) is 12.6 Å². The number of hydrogen-bond acceptors (Lipinski definition) is 4. The molecule has 120 valence electrons. The van der Waals surface area contributed by atoms with E-state index < -0.39 is 0 Å². The van der Waals surface area contributed by atoms with E-state index in [1.807, 2.05) is 48.3 Å². The summed E-state index contributed by atoms with van der Waals surface area (Å²) < 4.78 is 1.82. The lowest BCUT2D eigenvalue weighted by Gasteiger charge is -2.21. The van der Waals surface area contributed by atoms with E-state index in [-0.39, 0.29) is 0 Å². The van der Waals surface area contributed by atoms with Crippen molar-refractivity contribution in [1.29, 1.82) is 5.26 Å². The van der Waals surface area contributed by atoms with Gasteiger partial charge in [0.15, 0.2) is 5.96 Å². The first-order valence-corrected chi connectivity index (χ1v) is 7.56. The van der Waals surface area contributed by atoms with Gasteiger partial charge in [0.1, 0.15) is 11.6 Å². The third kappa shape index (κ3) is 3.50. The van der Waals surface area contributed by atoms with Crippen molar-refractivity contribution in [2.24, 2.45) is 4.99 Å². The molecule has 0 radical (unpaired) electrons. The molecule has 0 aromatic carbocycles. The minimum Gasteiger partial charge on any atom is -0.332 e. The standard InChI is InChI=1S/C17H17N7/c1-13-12-21-17(20-8-10-24-9-4-7-22-24)23-16(13)14(11-18)15-5-2-3-6-19-15/h2-7,9,12H,8,10H2,1H3,(H2,20,21,23). The molecule has 0 aliphatic carbocycles. The van der Waals surface area contributed by atoms with E-state index in [2.05, 4.69) is 31.8 Å². The number of nitrogens with one attached hydrogen (secondary N) is 2. The van der Waals surface area contributed by atoms with Gasteiger partial charge in [-0.05, 0) is 30.7 Å². The minimum atomic E-state index is 0.491. The SMILES string of the molecule is CC1=CNC(=NCCn2cccn2)NC1=C(C#N)c1ccccn1. The van der Waals surface area contributed by atoms with Gasteiger partial charge in [0.05, 0.1) is 24.5 Å². The average Bonchev–Trinajstić information content (AvgIpc) is 3.12. The lowest BCUT2D eigenvalue weighted by Crippen LogP contribution is -2.39. The van der Waals surface area contributed by atoms with Gasteiger partial charge < -0.3 is 10.6 Å². The minimum absolute atomic E-state index is 0.491. The second-order valence-corrected chi connectivity index (χ2v) is 5.17. The summed E-state index contributed by atoms with van der Waals surface area (Å²) in [5, 5.41) is 20.0. The fraction of sp³-hybridized carbons (Fsp3) is 0.176. The van der Waals surface area contributed by atoms with Gasteiger partial charge in [-0.2, -0.15) is 10.4 Å². The molecule has 3 rings (SSSR count). The van der Waals surface area contributed by atoms with E-state index in [0.717, 1.165) is 5.57 Å². The fourth-order valence-corrected chi connectivity index (χ4v) is 2.30. The first-order valence-electron chi connectivity index (χ1n) is 7.56. The van der Waals surface area contributed by atoms with Gasteiger partial charge >= 0.3 is 0 Å². The number of nitriles is 1. The Hall–Kier alpha value is -3.40. The Morgan fingerprint density at radius 3 is 2.96 bits per heavy atom. The molecule has 1 aliphatic heterocycles. The molecular formula is C17H17N7. The predicted molar refractivity (Wildman–Crippen MR) is 91.3 cm³/mol. The number of nitrogens with zero attached hydrogens (tertiary/aromatic N) is 5. The number of aromatic nitrogens is 3. The molecule has 0 fully saturated rings. The van der Waals surface area contributed by atoms with Crippen LogP contribution in [0.3, 0.4) is 0 Å². The first-order chi connectivity index (χ1) is 11.8. The summed E-state index contributed by atoms with van der Waals surface area (Å²) in [5.74, 6) is 0.603. The zero-order valence-corrected chi connectivity index (χ0v) is 13.3. The highest BCUT2D eigenvalue weighted by Gasteiger charge is 2.17. The molecule has 0 saturated carbocycles. The van der Waals surface area contributed by atoms with Crippen molar-refractivity contribution in [2.75, 3.05) is 6.54 Å². The Bertz CT molecular complexity index is 824. The molecule has 3 heterocycles. The zero-order chi connectivity index (χ0) is 16.8. The average molecular weight is 319 g/mol. The summed E-state index contributed by atoms with van der Waals surface area (Å²) in [6.45, 7) is 3.19. The van der Waals surface area contributed by atoms with Crippen molar-refractivity contribution in [3.8, 4) is 6.07 Å². The van der Waals surface area contributed by atoms with Gasteiger partial charge in [0.2, 0.25) is 0 Å². The van der Waals surface area contributed by atoms with Crippen LogP contribution in [-0.2, 0) is 6.54 Å². The van der Waals surface area contributed by atoms with E-state index in [1.165, 1.54) is 0 Å². The van der Waals surface area contributed by atoms with Crippen molar-refractivity contribution in [3.05, 3.63) is 66.0 Å². The maximum absolute atomic E-state index is 9.55. The highest BCUT2D eigenvalue weighted by Crippen LogP contribution is 2.20. The van der Waals surface area contributed by atoms with Gasteiger partial charge in [-0.1, -0.05) is 6.07 Å². The molecule has 2 aromatic heterocycles. The second kappa shape index (κ2) is 7.24. The van der Waals surface area contributed by atoms with E-state index in [9.17, 15) is 5.26 Å². The Balaban J connectivity index is 1.81. The highest BCUT2D eigenvalue weighted by molar-refractivity contribution is 5.90. The summed E-state index contributed by atoms with van der Waals surface area (Å²) in [6, 6.07) is 9.61. The van der Waals surface area contributed by atoms with Crippen molar-refractivity contribution in [3.63, 3.8) is 0 Å². The molecule has 2 aromatic rings. The highest BCUT2D eigenvalue weighted by atomic mass is 15.3. The number of aliphatic imine (C=N–C) groups is 1. The van der Waals surface area contributed by atoms with Crippen LogP contribution in [0, 0.1) is 11.3 Å². The lowest BCUT2D eigenvalue weighted by atomic mass is 10.1. The van der Waals surface area contributed by atoms with E-state index in [0.29, 0.717) is 36.0 Å². The molecule has 0 spiro atoms. The Morgan fingerprint density at radius 2 is 2.25 bits per heavy atom. The van der Waals surface area contributed by atoms with Crippen LogP contribution in [0.2, 0.25) is 0 Å². The largest absolute Gasteiger partial charge is 0.332 e. The molecule has 24 heavy (non-hydrogen) atoms. The van der Waals surface area contributed by atoms with Crippen LogP contribution in [-0.4, -0.2) is 27.3 Å². The molecule has 0 amide bonds. The van der Waals surface area contributed by atoms with Gasteiger partial charge in [-0.25, -0.2) is 0 Å². The van der Waals surface area contributed by atoms with Gasteiger partial charge in [0, 0.05) is 24.8 Å². The number of rotatable bonds is 4. The molecule has 7 nitrogen and oxygen atoms in total. The Morgan fingerprint density at radius 1 is 1.33 bits per heavy atom. The smallest absolute Gasteiger partial charge is 0.199 e. The Labute approximate surface area is 140 Å².